The molecule has 4 aromatic rings. The zero-order valence-electron chi connectivity index (χ0n) is 18.7. The fraction of sp³-hybridized carbons (Fsp3) is 0.240. The van der Waals surface area contributed by atoms with Crippen molar-refractivity contribution < 1.29 is 28.5 Å². The van der Waals surface area contributed by atoms with Gasteiger partial charge in [0.1, 0.15) is 12.8 Å². The quantitative estimate of drug-likeness (QED) is 0.288. The molecule has 174 valence electrons. The van der Waals surface area contributed by atoms with Crippen molar-refractivity contribution in [3.05, 3.63) is 58.6 Å². The van der Waals surface area contributed by atoms with Crippen LogP contribution in [0.4, 0.5) is 5.88 Å². The summed E-state index contributed by atoms with van der Waals surface area (Å²) in [5.74, 6) is -0.0883. The fourth-order valence-electron chi connectivity index (χ4n) is 4.31. The first-order chi connectivity index (χ1) is 16.4. The number of rotatable bonds is 6. The highest BCUT2D eigenvalue weighted by Crippen LogP contribution is 2.41. The number of ether oxygens (including phenoxy) is 2. The van der Waals surface area contributed by atoms with Gasteiger partial charge in [-0.05, 0) is 47.2 Å². The molecule has 2 aromatic carbocycles. The number of fused-ring (bicyclic) bond motifs is 1. The molecule has 0 aliphatic heterocycles. The van der Waals surface area contributed by atoms with Crippen molar-refractivity contribution in [2.75, 3.05) is 14.2 Å². The van der Waals surface area contributed by atoms with Crippen molar-refractivity contribution in [3.63, 3.8) is 0 Å². The first kappa shape index (κ1) is 22.2. The van der Waals surface area contributed by atoms with Gasteiger partial charge in [-0.1, -0.05) is 40.4 Å². The average molecular weight is 481 g/mol. The van der Waals surface area contributed by atoms with Crippen LogP contribution in [0.5, 0.6) is 11.8 Å². The van der Waals surface area contributed by atoms with Gasteiger partial charge in [-0.25, -0.2) is 4.79 Å². The maximum absolute atomic E-state index is 13.2. The molecule has 0 saturated heterocycles. The maximum Gasteiger partial charge on any atom is 0.433 e. The summed E-state index contributed by atoms with van der Waals surface area (Å²) in [4.78, 5) is 16.0. The van der Waals surface area contributed by atoms with Crippen LogP contribution in [0, 0.1) is 0 Å². The highest BCUT2D eigenvalue weighted by molar-refractivity contribution is 6.34. The lowest BCUT2D eigenvalue weighted by Crippen LogP contribution is -2.28. The number of carbonyl (C=O) groups excluding carboxylic acids is 1. The fourth-order valence-corrected chi connectivity index (χ4v) is 4.59. The SMILES string of the molecule is C=[N+](C(=O)c1c(O)[nH]c2cc(Cl)c(-c3ccc(C4CC(OC)C4)cc3)cc12)c1cc(OC)no1. The largest absolute Gasteiger partial charge is 0.494 e. The molecular formula is C25H23ClN3O5+. The third-order valence-corrected chi connectivity index (χ3v) is 6.71. The number of aromatic nitrogens is 2. The van der Waals surface area contributed by atoms with Crippen LogP contribution in [0.1, 0.15) is 34.7 Å². The predicted octanol–water partition coefficient (Wildman–Crippen LogP) is 5.27. The van der Waals surface area contributed by atoms with Gasteiger partial charge >= 0.3 is 11.8 Å². The molecule has 2 N–H and O–H groups in total. The number of carbonyl (C=O) groups is 1. The number of nitrogens with zero attached hydrogens (tertiary/aromatic N) is 2. The van der Waals surface area contributed by atoms with E-state index in [-0.39, 0.29) is 23.2 Å². The molecule has 1 fully saturated rings. The number of halogens is 1. The first-order valence-electron chi connectivity index (χ1n) is 10.7. The van der Waals surface area contributed by atoms with Gasteiger partial charge < -0.3 is 19.6 Å². The van der Waals surface area contributed by atoms with Gasteiger partial charge in [0.15, 0.2) is 5.56 Å². The van der Waals surface area contributed by atoms with Gasteiger partial charge in [0.25, 0.3) is 5.88 Å². The van der Waals surface area contributed by atoms with E-state index in [0.717, 1.165) is 28.5 Å². The van der Waals surface area contributed by atoms with E-state index in [4.69, 9.17) is 25.6 Å². The van der Waals surface area contributed by atoms with E-state index in [2.05, 4.69) is 29.0 Å². The van der Waals surface area contributed by atoms with Crippen molar-refractivity contribution in [1.29, 1.82) is 0 Å². The van der Waals surface area contributed by atoms with Crippen LogP contribution in [0.25, 0.3) is 22.0 Å². The van der Waals surface area contributed by atoms with Crippen molar-refractivity contribution in [2.24, 2.45) is 0 Å². The molecular weight excluding hydrogens is 458 g/mol. The van der Waals surface area contributed by atoms with E-state index in [0.29, 0.717) is 27.9 Å². The number of aromatic hydroxyl groups is 1. The van der Waals surface area contributed by atoms with Crippen LogP contribution in [0.3, 0.4) is 0 Å². The Morgan fingerprint density at radius 1 is 1.24 bits per heavy atom. The Balaban J connectivity index is 1.49. The van der Waals surface area contributed by atoms with Gasteiger partial charge in [0.05, 0.1) is 23.8 Å². The second kappa shape index (κ2) is 8.62. The van der Waals surface area contributed by atoms with Crippen LogP contribution < -0.4 is 4.74 Å². The van der Waals surface area contributed by atoms with Crippen LogP contribution in [-0.2, 0) is 4.74 Å². The van der Waals surface area contributed by atoms with Gasteiger partial charge in [-0.2, -0.15) is 0 Å². The van der Waals surface area contributed by atoms with E-state index in [1.165, 1.54) is 18.7 Å². The zero-order valence-corrected chi connectivity index (χ0v) is 19.4. The molecule has 2 aromatic heterocycles. The first-order valence-corrected chi connectivity index (χ1v) is 11.1. The summed E-state index contributed by atoms with van der Waals surface area (Å²) < 4.78 is 16.5. The van der Waals surface area contributed by atoms with Crippen molar-refractivity contribution in [3.8, 4) is 22.9 Å². The second-order valence-electron chi connectivity index (χ2n) is 8.31. The number of aromatic amines is 1. The summed E-state index contributed by atoms with van der Waals surface area (Å²) in [5, 5.41) is 15.2. The van der Waals surface area contributed by atoms with Crippen LogP contribution in [0.2, 0.25) is 5.02 Å². The number of methoxy groups -OCH3 is 2. The highest BCUT2D eigenvalue weighted by atomic mass is 35.5. The molecule has 5 rings (SSSR count). The van der Waals surface area contributed by atoms with Crippen LogP contribution in [0.15, 0.2) is 47.0 Å². The molecule has 1 amide bonds. The van der Waals surface area contributed by atoms with E-state index >= 15 is 0 Å². The highest BCUT2D eigenvalue weighted by Gasteiger charge is 2.32. The Hall–Kier alpha value is -3.62. The molecule has 0 atom stereocenters. The Bertz CT molecular complexity index is 1400. The topological polar surface area (TPSA) is 101 Å². The minimum atomic E-state index is -0.580. The molecule has 1 aliphatic carbocycles. The number of benzene rings is 2. The summed E-state index contributed by atoms with van der Waals surface area (Å²) in [6.07, 6.45) is 2.38. The molecule has 9 heteroatoms. The molecule has 0 radical (unpaired) electrons. The van der Waals surface area contributed by atoms with Gasteiger partial charge in [-0.15, -0.1) is 0 Å². The number of amides is 1. The van der Waals surface area contributed by atoms with E-state index in [1.807, 2.05) is 12.1 Å². The Morgan fingerprint density at radius 3 is 2.62 bits per heavy atom. The summed E-state index contributed by atoms with van der Waals surface area (Å²) in [6.45, 7) is 3.74. The molecule has 0 bridgehead atoms. The molecule has 0 spiro atoms. The third kappa shape index (κ3) is 3.74. The number of nitrogens with one attached hydrogen (secondary N) is 1. The third-order valence-electron chi connectivity index (χ3n) is 6.40. The monoisotopic (exact) mass is 480 g/mol. The van der Waals surface area contributed by atoms with Gasteiger partial charge in [-0.3, -0.25) is 4.52 Å². The van der Waals surface area contributed by atoms with Gasteiger partial charge in [0.2, 0.25) is 5.88 Å². The lowest BCUT2D eigenvalue weighted by atomic mass is 9.77. The van der Waals surface area contributed by atoms with Crippen molar-refractivity contribution in [2.45, 2.75) is 24.9 Å². The van der Waals surface area contributed by atoms with Crippen LogP contribution in [-0.4, -0.2) is 52.8 Å². The number of H-pyrrole nitrogens is 1. The van der Waals surface area contributed by atoms with Gasteiger partial charge in [0, 0.05) is 18.1 Å². The Labute approximate surface area is 200 Å². The van der Waals surface area contributed by atoms with Crippen LogP contribution >= 0.6 is 11.6 Å². The van der Waals surface area contributed by atoms with E-state index in [9.17, 15) is 9.90 Å². The normalized spacial score (nSPS) is 17.5. The van der Waals surface area contributed by atoms with E-state index < -0.39 is 5.91 Å². The average Bonchev–Trinajstić information content (AvgIpc) is 3.41. The van der Waals surface area contributed by atoms with Crippen molar-refractivity contribution in [1.82, 2.24) is 10.1 Å². The predicted molar refractivity (Wildman–Crippen MR) is 128 cm³/mol. The summed E-state index contributed by atoms with van der Waals surface area (Å²) >= 11 is 6.57. The molecule has 8 nitrogen and oxygen atoms in total. The Morgan fingerprint density at radius 2 is 1.97 bits per heavy atom. The molecule has 34 heavy (non-hydrogen) atoms. The lowest BCUT2D eigenvalue weighted by Gasteiger charge is -2.34. The summed E-state index contributed by atoms with van der Waals surface area (Å²) in [6, 6.07) is 13.1. The minimum Gasteiger partial charge on any atom is -0.494 e. The number of hydrogen-bond acceptors (Lipinski definition) is 6. The standard InChI is InChI=1S/C25H22ClN3O5/c1-29(22-12-21(33-3)28-34-22)25(31)23-18-10-17(19(26)11-20(18)27-24(23)30)14-6-4-13(5-7-14)15-8-16(9-15)32-2/h4-7,10-12,15-16H,1,8-9H2,2-3H3,(H-,27,30,31)/p+1. The second-order valence-corrected chi connectivity index (χ2v) is 8.72. The summed E-state index contributed by atoms with van der Waals surface area (Å²) in [7, 11) is 3.18. The molecule has 1 saturated carbocycles. The number of hydrogen-bond donors (Lipinski definition) is 2. The zero-order chi connectivity index (χ0) is 24.0. The molecule has 2 heterocycles. The smallest absolute Gasteiger partial charge is 0.433 e. The van der Waals surface area contributed by atoms with Crippen molar-refractivity contribution >= 4 is 41.0 Å². The lowest BCUT2D eigenvalue weighted by molar-refractivity contribution is -0.344. The van der Waals surface area contributed by atoms with E-state index in [1.54, 1.807) is 19.2 Å². The molecule has 1 aliphatic rings. The Kier molecular flexibility index (Phi) is 5.63. The summed E-state index contributed by atoms with van der Waals surface area (Å²) in [5.41, 5.74) is 3.49. The minimum absolute atomic E-state index is 0.0509. The molecule has 0 unspecified atom stereocenters. The maximum atomic E-state index is 13.2.